The van der Waals surface area contributed by atoms with E-state index in [-0.39, 0.29) is 25.7 Å². The van der Waals surface area contributed by atoms with Gasteiger partial charge in [-0.3, -0.25) is 0 Å². The molecule has 0 fully saturated rings. The van der Waals surface area contributed by atoms with E-state index in [9.17, 15) is 9.59 Å². The molecule has 0 aliphatic rings. The van der Waals surface area contributed by atoms with Gasteiger partial charge in [-0.05, 0) is 0 Å². The summed E-state index contributed by atoms with van der Waals surface area (Å²) in [5.41, 5.74) is 0.210. The Morgan fingerprint density at radius 1 is 0.968 bits per heavy atom. The molecule has 5 nitrogen and oxygen atoms in total. The van der Waals surface area contributed by atoms with E-state index in [1.165, 1.54) is 23.9 Å². The van der Waals surface area contributed by atoms with Crippen LogP contribution in [0.3, 0.4) is 0 Å². The van der Waals surface area contributed by atoms with Crippen molar-refractivity contribution >= 4 is 31.4 Å². The molecule has 0 radical (unpaired) electrons. The van der Waals surface area contributed by atoms with E-state index in [0.29, 0.717) is 0 Å². The van der Waals surface area contributed by atoms with Crippen LogP contribution in [0.1, 0.15) is 39.4 Å². The zero-order valence-electron chi connectivity index (χ0n) is 18.6. The van der Waals surface area contributed by atoms with Crippen LogP contribution < -0.4 is 4.46 Å². The van der Waals surface area contributed by atoms with Crippen LogP contribution in [0.4, 0.5) is 0 Å². The Morgan fingerprint density at radius 3 is 2.10 bits per heavy atom. The van der Waals surface area contributed by atoms with Crippen molar-refractivity contribution in [3.05, 3.63) is 78.6 Å². The molecule has 2 rings (SSSR count). The zero-order chi connectivity index (χ0) is 22.9. The summed E-state index contributed by atoms with van der Waals surface area (Å²) in [5, 5.41) is 0. The van der Waals surface area contributed by atoms with Crippen LogP contribution in [-0.2, 0) is 23.8 Å². The van der Waals surface area contributed by atoms with Crippen LogP contribution >= 0.6 is 0 Å². The van der Waals surface area contributed by atoms with Gasteiger partial charge in [-0.2, -0.15) is 0 Å². The van der Waals surface area contributed by atoms with Gasteiger partial charge in [0.2, 0.25) is 0 Å². The molecule has 2 aromatic rings. The number of esters is 2. The van der Waals surface area contributed by atoms with Crippen molar-refractivity contribution in [2.45, 2.75) is 44.2 Å². The topological polar surface area (TPSA) is 61.8 Å². The van der Waals surface area contributed by atoms with Crippen LogP contribution in [0.25, 0.3) is 0 Å². The molecule has 31 heavy (non-hydrogen) atoms. The first-order valence-corrected chi connectivity index (χ1v) is 12.0. The van der Waals surface area contributed by atoms with E-state index in [0.717, 1.165) is 5.56 Å². The van der Waals surface area contributed by atoms with Gasteiger partial charge in [0.25, 0.3) is 0 Å². The van der Waals surface area contributed by atoms with Crippen LogP contribution in [0, 0.1) is 5.92 Å². The van der Waals surface area contributed by atoms with E-state index >= 15 is 0 Å². The average molecular weight is 489 g/mol. The van der Waals surface area contributed by atoms with Crippen LogP contribution in [0.5, 0.6) is 0 Å². The first kappa shape index (κ1) is 24.7. The number of hydrogen-bond acceptors (Lipinski definition) is 5. The second-order valence-electron chi connectivity index (χ2n) is 7.99. The van der Waals surface area contributed by atoms with Crippen LogP contribution in [-0.4, -0.2) is 39.6 Å². The Hall–Kier alpha value is -2.56. The fourth-order valence-electron chi connectivity index (χ4n) is 2.98. The maximum atomic E-state index is 13.4. The Morgan fingerprint density at radius 2 is 1.55 bits per heavy atom. The van der Waals surface area contributed by atoms with Gasteiger partial charge in [0.15, 0.2) is 0 Å². The summed E-state index contributed by atoms with van der Waals surface area (Å²) in [6.07, 6.45) is 1.88. The van der Waals surface area contributed by atoms with E-state index in [4.69, 9.17) is 9.47 Å². The number of carbonyl (C=O) groups is 2. The third-order valence-electron chi connectivity index (χ3n) is 4.33. The molecule has 0 amide bonds. The van der Waals surface area contributed by atoms with E-state index in [1.54, 1.807) is 0 Å². The van der Waals surface area contributed by atoms with Crippen LogP contribution in [0.15, 0.2) is 73.0 Å². The minimum atomic E-state index is -0.627. The maximum absolute atomic E-state index is 13.4. The Balaban J connectivity index is 2.41. The van der Waals surface area contributed by atoms with Gasteiger partial charge in [0.1, 0.15) is 0 Å². The van der Waals surface area contributed by atoms with Crippen molar-refractivity contribution in [3.63, 3.8) is 0 Å². The first-order valence-electron chi connectivity index (χ1n) is 10.1. The summed E-state index contributed by atoms with van der Waals surface area (Å²) < 4.78 is 17.6. The normalized spacial score (nSPS) is 14.5. The summed E-state index contributed by atoms with van der Waals surface area (Å²) in [6.45, 7) is 7.60. The van der Waals surface area contributed by atoms with Gasteiger partial charge in [-0.25, -0.2) is 0 Å². The number of hydrogen-bond donors (Lipinski definition) is 0. The van der Waals surface area contributed by atoms with E-state index < -0.39 is 23.6 Å². The predicted molar refractivity (Wildman–Crippen MR) is 122 cm³/mol. The molecule has 2 aromatic carbocycles. The molecule has 0 aromatic heterocycles. The summed E-state index contributed by atoms with van der Waals surface area (Å²) in [4.78, 5) is 24.8. The summed E-state index contributed by atoms with van der Waals surface area (Å²) in [7, 11) is 1.30. The molecular formula is C25H30O5Se. The van der Waals surface area contributed by atoms with Gasteiger partial charge in [-0.15, -0.1) is 0 Å². The van der Waals surface area contributed by atoms with Gasteiger partial charge < -0.3 is 0 Å². The number of rotatable bonds is 9. The van der Waals surface area contributed by atoms with Gasteiger partial charge >= 0.3 is 191 Å². The fourth-order valence-corrected chi connectivity index (χ4v) is 5.38. The molecule has 0 aliphatic heterocycles. The molecule has 0 spiro atoms. The number of ether oxygens (including phenoxy) is 3. The van der Waals surface area contributed by atoms with Crippen molar-refractivity contribution in [1.29, 1.82) is 0 Å². The zero-order valence-corrected chi connectivity index (χ0v) is 20.3. The van der Waals surface area contributed by atoms with Crippen molar-refractivity contribution in [2.75, 3.05) is 7.11 Å². The molecule has 0 N–H and O–H groups in total. The van der Waals surface area contributed by atoms with E-state index in [1.807, 2.05) is 76.2 Å². The Kier molecular flexibility index (Phi) is 9.35. The molecule has 6 heteroatoms. The molecule has 3 atom stereocenters. The molecular weight excluding hydrogens is 459 g/mol. The van der Waals surface area contributed by atoms with Crippen molar-refractivity contribution in [1.82, 2.24) is 0 Å². The van der Waals surface area contributed by atoms with Crippen molar-refractivity contribution < 1.29 is 23.8 Å². The van der Waals surface area contributed by atoms with Crippen molar-refractivity contribution in [2.24, 2.45) is 5.92 Å². The quantitative estimate of drug-likeness (QED) is 0.228. The number of methoxy groups -OCH3 is 1. The summed E-state index contributed by atoms with van der Waals surface area (Å²) >= 11 is 0.00524. The third-order valence-corrected chi connectivity index (χ3v) is 6.87. The summed E-state index contributed by atoms with van der Waals surface area (Å²) in [6, 6.07) is 19.6. The third kappa shape index (κ3) is 8.23. The fraction of sp³-hybridized carbons (Fsp3) is 0.360. The summed E-state index contributed by atoms with van der Waals surface area (Å²) in [5.74, 6) is -1.41. The average Bonchev–Trinajstić information content (AvgIpc) is 2.72. The molecule has 0 unspecified atom stereocenters. The molecule has 0 saturated carbocycles. The van der Waals surface area contributed by atoms with Gasteiger partial charge in [0.05, 0.1) is 0 Å². The molecule has 0 saturated heterocycles. The molecule has 0 aliphatic carbocycles. The predicted octanol–water partition coefficient (Wildman–Crippen LogP) is 4.23. The van der Waals surface area contributed by atoms with Gasteiger partial charge in [0, 0.05) is 0 Å². The monoisotopic (exact) mass is 490 g/mol. The second kappa shape index (κ2) is 11.7. The molecule has 0 heterocycles. The standard InChI is InChI=1S/C25H30O5Se/c1-18(31-20-14-10-7-11-15-20)22(24(27)30-25(2,3)4)23(19-12-8-6-9-13-19)29-17-16-21(26)28-5/h6-18,22-23H,1-5H3/b17-16+/t18-,22+,23-/m0/s1. The van der Waals surface area contributed by atoms with Gasteiger partial charge in [-0.1, -0.05) is 0 Å². The number of benzene rings is 2. The molecule has 0 bridgehead atoms. The number of carbonyl (C=O) groups excluding carboxylic acids is 2. The SMILES string of the molecule is COC(=O)/C=C/O[C@@H](c1ccccc1)[C@H](C(=O)OC(C)(C)C)[C@H](C)[Se]c1ccccc1. The molecule has 166 valence electrons. The minimum absolute atomic E-state index is 0.00524. The second-order valence-corrected chi connectivity index (χ2v) is 11.0. The van der Waals surface area contributed by atoms with E-state index in [2.05, 4.69) is 16.9 Å². The Bertz CT molecular complexity index is 858. The van der Waals surface area contributed by atoms with Crippen LogP contribution in [0.2, 0.25) is 4.82 Å². The Labute approximate surface area is 190 Å². The van der Waals surface area contributed by atoms with Crippen molar-refractivity contribution in [3.8, 4) is 0 Å². The first-order chi connectivity index (χ1) is 14.7.